The zero-order chi connectivity index (χ0) is 15.5. The Hall–Kier alpha value is -1.55. The summed E-state index contributed by atoms with van der Waals surface area (Å²) in [6.45, 7) is 4.42. The predicted molar refractivity (Wildman–Crippen MR) is 86.7 cm³/mol. The Bertz CT molecular complexity index is 532. The highest BCUT2D eigenvalue weighted by Crippen LogP contribution is 2.37. The summed E-state index contributed by atoms with van der Waals surface area (Å²) in [6.07, 6.45) is 3.65. The lowest BCUT2D eigenvalue weighted by Crippen LogP contribution is -2.33. The van der Waals surface area contributed by atoms with Crippen molar-refractivity contribution < 1.29 is 9.53 Å². The number of hydrogen-bond acceptors (Lipinski definition) is 3. The summed E-state index contributed by atoms with van der Waals surface area (Å²) < 4.78 is 5.70. The van der Waals surface area contributed by atoms with E-state index in [1.807, 2.05) is 36.1 Å². The van der Waals surface area contributed by atoms with E-state index in [0.717, 1.165) is 31.7 Å². The fourth-order valence-corrected chi connectivity index (χ4v) is 3.79. The molecule has 1 aliphatic carbocycles. The first kappa shape index (κ1) is 15.3. The van der Waals surface area contributed by atoms with Gasteiger partial charge in [0.1, 0.15) is 5.75 Å². The standard InChI is InChI=1S/C18H26N2O2/c1-13-4-2-5-15(10-13)22-9-3-6-18(21)20-11-14-7-8-17(19)16(14)12-20/h2,4-5,10,14,16-17H,3,6-9,11-12,19H2,1H3. The van der Waals surface area contributed by atoms with Crippen LogP contribution in [0.25, 0.3) is 0 Å². The average molecular weight is 302 g/mol. The largest absolute Gasteiger partial charge is 0.494 e. The molecule has 1 saturated carbocycles. The summed E-state index contributed by atoms with van der Waals surface area (Å²) >= 11 is 0. The molecule has 3 unspecified atom stereocenters. The van der Waals surface area contributed by atoms with Crippen LogP contribution >= 0.6 is 0 Å². The molecule has 22 heavy (non-hydrogen) atoms. The number of aryl methyl sites for hydroxylation is 1. The summed E-state index contributed by atoms with van der Waals surface area (Å²) in [5, 5.41) is 0. The van der Waals surface area contributed by atoms with Gasteiger partial charge in [0.15, 0.2) is 0 Å². The van der Waals surface area contributed by atoms with Crippen LogP contribution in [-0.2, 0) is 4.79 Å². The lowest BCUT2D eigenvalue weighted by atomic mass is 9.98. The van der Waals surface area contributed by atoms with Crippen molar-refractivity contribution in [1.29, 1.82) is 0 Å². The first-order valence-corrected chi connectivity index (χ1v) is 8.36. The molecule has 3 rings (SSSR count). The second-order valence-corrected chi connectivity index (χ2v) is 6.73. The number of likely N-dealkylation sites (tertiary alicyclic amines) is 1. The fraction of sp³-hybridized carbons (Fsp3) is 0.611. The van der Waals surface area contributed by atoms with Gasteiger partial charge in [-0.25, -0.2) is 0 Å². The molecule has 2 N–H and O–H groups in total. The molecule has 1 heterocycles. The van der Waals surface area contributed by atoms with Gasteiger partial charge in [-0.15, -0.1) is 0 Å². The average Bonchev–Trinajstić information content (AvgIpc) is 3.06. The first-order valence-electron chi connectivity index (χ1n) is 8.36. The third kappa shape index (κ3) is 3.43. The van der Waals surface area contributed by atoms with Gasteiger partial charge in [-0.3, -0.25) is 4.79 Å². The van der Waals surface area contributed by atoms with Gasteiger partial charge in [0.2, 0.25) is 5.91 Å². The maximum absolute atomic E-state index is 12.3. The molecule has 1 aromatic carbocycles. The Labute approximate surface area is 132 Å². The molecule has 4 heteroatoms. The Kier molecular flexibility index (Phi) is 4.67. The monoisotopic (exact) mass is 302 g/mol. The smallest absolute Gasteiger partial charge is 0.222 e. The number of nitrogens with zero attached hydrogens (tertiary/aromatic N) is 1. The quantitative estimate of drug-likeness (QED) is 0.850. The Morgan fingerprint density at radius 2 is 2.23 bits per heavy atom. The van der Waals surface area contributed by atoms with Crippen molar-refractivity contribution in [3.63, 3.8) is 0 Å². The summed E-state index contributed by atoms with van der Waals surface area (Å²) in [7, 11) is 0. The fourth-order valence-electron chi connectivity index (χ4n) is 3.79. The van der Waals surface area contributed by atoms with Crippen LogP contribution in [0.3, 0.4) is 0 Å². The van der Waals surface area contributed by atoms with Crippen LogP contribution in [0.2, 0.25) is 0 Å². The molecule has 1 saturated heterocycles. The molecule has 0 bridgehead atoms. The molecule has 0 radical (unpaired) electrons. The molecule has 1 aromatic rings. The Balaban J connectivity index is 1.38. The molecular formula is C18H26N2O2. The zero-order valence-electron chi connectivity index (χ0n) is 13.3. The lowest BCUT2D eigenvalue weighted by molar-refractivity contribution is -0.130. The molecule has 4 nitrogen and oxygen atoms in total. The van der Waals surface area contributed by atoms with Crippen molar-refractivity contribution in [2.24, 2.45) is 17.6 Å². The second-order valence-electron chi connectivity index (χ2n) is 6.73. The highest BCUT2D eigenvalue weighted by Gasteiger charge is 2.42. The van der Waals surface area contributed by atoms with Gasteiger partial charge in [-0.1, -0.05) is 12.1 Å². The van der Waals surface area contributed by atoms with E-state index < -0.39 is 0 Å². The van der Waals surface area contributed by atoms with Crippen LogP contribution in [0.15, 0.2) is 24.3 Å². The Morgan fingerprint density at radius 3 is 3.00 bits per heavy atom. The van der Waals surface area contributed by atoms with E-state index in [4.69, 9.17) is 10.5 Å². The van der Waals surface area contributed by atoms with Gasteiger partial charge in [-0.2, -0.15) is 0 Å². The number of carbonyl (C=O) groups is 1. The first-order chi connectivity index (χ1) is 10.6. The third-order valence-electron chi connectivity index (χ3n) is 5.06. The second kappa shape index (κ2) is 6.69. The number of rotatable bonds is 5. The van der Waals surface area contributed by atoms with Gasteiger partial charge in [0, 0.05) is 25.6 Å². The molecule has 1 amide bonds. The van der Waals surface area contributed by atoms with Crippen LogP contribution in [0.5, 0.6) is 5.75 Å². The van der Waals surface area contributed by atoms with Gasteiger partial charge in [-0.05, 0) is 55.7 Å². The molecule has 120 valence electrons. The van der Waals surface area contributed by atoms with Crippen LogP contribution in [0.1, 0.15) is 31.2 Å². The molecule has 2 fully saturated rings. The SMILES string of the molecule is Cc1cccc(OCCCC(=O)N2CC3CCC(N)C3C2)c1. The summed E-state index contributed by atoms with van der Waals surface area (Å²) in [6, 6.07) is 8.31. The van der Waals surface area contributed by atoms with E-state index in [2.05, 4.69) is 0 Å². The van der Waals surface area contributed by atoms with Crippen molar-refractivity contribution in [1.82, 2.24) is 4.90 Å². The molecule has 0 spiro atoms. The highest BCUT2D eigenvalue weighted by atomic mass is 16.5. The number of hydrogen-bond donors (Lipinski definition) is 1. The van der Waals surface area contributed by atoms with Crippen molar-refractivity contribution in [2.45, 2.75) is 38.6 Å². The van der Waals surface area contributed by atoms with Crippen molar-refractivity contribution >= 4 is 5.91 Å². The van der Waals surface area contributed by atoms with Crippen molar-refractivity contribution in [2.75, 3.05) is 19.7 Å². The summed E-state index contributed by atoms with van der Waals surface area (Å²) in [5.74, 6) is 2.32. The third-order valence-corrected chi connectivity index (χ3v) is 5.06. The molecular weight excluding hydrogens is 276 g/mol. The zero-order valence-corrected chi connectivity index (χ0v) is 13.3. The van der Waals surface area contributed by atoms with Crippen molar-refractivity contribution in [3.8, 4) is 5.75 Å². The normalized spacial score (nSPS) is 27.0. The van der Waals surface area contributed by atoms with Crippen LogP contribution in [0, 0.1) is 18.8 Å². The van der Waals surface area contributed by atoms with E-state index in [-0.39, 0.29) is 5.91 Å². The van der Waals surface area contributed by atoms with Gasteiger partial charge >= 0.3 is 0 Å². The highest BCUT2D eigenvalue weighted by molar-refractivity contribution is 5.76. The van der Waals surface area contributed by atoms with E-state index >= 15 is 0 Å². The maximum atomic E-state index is 12.3. The van der Waals surface area contributed by atoms with E-state index in [1.54, 1.807) is 0 Å². The van der Waals surface area contributed by atoms with Crippen LogP contribution in [0.4, 0.5) is 0 Å². The van der Waals surface area contributed by atoms with Gasteiger partial charge in [0.05, 0.1) is 6.61 Å². The summed E-state index contributed by atoms with van der Waals surface area (Å²) in [4.78, 5) is 14.3. The minimum atomic E-state index is 0.259. The number of amides is 1. The minimum absolute atomic E-state index is 0.259. The van der Waals surface area contributed by atoms with E-state index in [0.29, 0.717) is 30.9 Å². The molecule has 1 aliphatic heterocycles. The van der Waals surface area contributed by atoms with Crippen LogP contribution in [-0.4, -0.2) is 36.5 Å². The van der Waals surface area contributed by atoms with E-state index in [9.17, 15) is 4.79 Å². The van der Waals surface area contributed by atoms with Gasteiger partial charge < -0.3 is 15.4 Å². The minimum Gasteiger partial charge on any atom is -0.494 e. The van der Waals surface area contributed by atoms with Gasteiger partial charge in [0.25, 0.3) is 0 Å². The topological polar surface area (TPSA) is 55.6 Å². The van der Waals surface area contributed by atoms with E-state index in [1.165, 1.54) is 12.0 Å². The number of carbonyl (C=O) groups excluding carboxylic acids is 1. The lowest BCUT2D eigenvalue weighted by Gasteiger charge is -2.18. The molecule has 3 atom stereocenters. The number of ether oxygens (including phenoxy) is 1. The Morgan fingerprint density at radius 1 is 1.36 bits per heavy atom. The molecule has 2 aliphatic rings. The number of nitrogens with two attached hydrogens (primary N) is 1. The predicted octanol–water partition coefficient (Wildman–Crippen LogP) is 2.35. The number of benzene rings is 1. The van der Waals surface area contributed by atoms with Crippen molar-refractivity contribution in [3.05, 3.63) is 29.8 Å². The van der Waals surface area contributed by atoms with Crippen LogP contribution < -0.4 is 10.5 Å². The number of fused-ring (bicyclic) bond motifs is 1. The molecule has 0 aromatic heterocycles. The summed E-state index contributed by atoms with van der Waals surface area (Å²) in [5.41, 5.74) is 7.31. The maximum Gasteiger partial charge on any atom is 0.222 e.